The molecule has 0 spiro atoms. The summed E-state index contributed by atoms with van der Waals surface area (Å²) in [6.07, 6.45) is 4.28. The zero-order valence-electron chi connectivity index (χ0n) is 30.5. The van der Waals surface area contributed by atoms with E-state index in [4.69, 9.17) is 33.2 Å². The average Bonchev–Trinajstić information content (AvgIpc) is 3.15. The predicted octanol–water partition coefficient (Wildman–Crippen LogP) is 8.12. The van der Waals surface area contributed by atoms with Crippen molar-refractivity contribution in [3.63, 3.8) is 0 Å². The first-order valence-corrected chi connectivity index (χ1v) is 18.4. The molecular weight excluding hydrogens is 648 g/mol. The quantitative estimate of drug-likeness (QED) is 0.0716. The van der Waals surface area contributed by atoms with Gasteiger partial charge in [0.15, 0.2) is 6.29 Å². The molecule has 0 unspecified atom stereocenters. The fraction of sp³-hybridized carbons (Fsp3) is 0.524. The highest BCUT2D eigenvalue weighted by Crippen LogP contribution is 2.33. The number of hydrogen-bond donors (Lipinski definition) is 0. The molecule has 9 heteroatoms. The Labute approximate surface area is 303 Å². The van der Waals surface area contributed by atoms with Gasteiger partial charge in [0.2, 0.25) is 0 Å². The molecule has 6 atom stereocenters. The van der Waals surface area contributed by atoms with E-state index in [2.05, 4.69) is 6.92 Å². The van der Waals surface area contributed by atoms with Crippen molar-refractivity contribution in [3.8, 4) is 0 Å². The van der Waals surface area contributed by atoms with Crippen LogP contribution in [0.2, 0.25) is 0 Å². The van der Waals surface area contributed by atoms with Crippen LogP contribution in [-0.2, 0) is 62.6 Å². The Morgan fingerprint density at radius 3 is 1.67 bits per heavy atom. The van der Waals surface area contributed by atoms with Gasteiger partial charge >= 0.3 is 11.9 Å². The fourth-order valence-electron chi connectivity index (χ4n) is 6.20. The number of rotatable bonds is 23. The lowest BCUT2D eigenvalue weighted by molar-refractivity contribution is -0.335. The molecule has 1 saturated heterocycles. The van der Waals surface area contributed by atoms with E-state index in [0.29, 0.717) is 6.42 Å². The molecule has 1 aliphatic rings. The van der Waals surface area contributed by atoms with Gasteiger partial charge in [-0.1, -0.05) is 143 Å². The smallest absolute Gasteiger partial charge is 0.308 e. The second-order valence-corrected chi connectivity index (χ2v) is 13.1. The largest absolute Gasteiger partial charge is 0.469 e. The van der Waals surface area contributed by atoms with Crippen molar-refractivity contribution in [3.05, 3.63) is 108 Å². The molecule has 0 bridgehead atoms. The highest BCUT2D eigenvalue weighted by molar-refractivity contribution is 5.69. The van der Waals surface area contributed by atoms with E-state index >= 15 is 0 Å². The van der Waals surface area contributed by atoms with Crippen LogP contribution in [0, 0.1) is 0 Å². The van der Waals surface area contributed by atoms with Crippen LogP contribution in [0.25, 0.3) is 0 Å². The van der Waals surface area contributed by atoms with Crippen LogP contribution in [0.5, 0.6) is 0 Å². The standard InChI is InChI=1S/C42H56O9/c1-4-5-6-7-8-9-19-26-36(27-38(44)45-3)50-42-41(49-30-35-24-17-12-18-25-35)40(48-29-34-22-15-11-16-23-34)39(37(51-42)31-46-32(2)43)47-28-33-20-13-10-14-21-33/h10-18,20-25,36-37,39-42H,4-9,19,26-31H2,1-3H3/t36-,37-,39+,40+,41-,42-/m1/s1. The molecule has 0 amide bonds. The second-order valence-electron chi connectivity index (χ2n) is 13.1. The van der Waals surface area contributed by atoms with Crippen molar-refractivity contribution in [1.82, 2.24) is 0 Å². The number of carbonyl (C=O) groups excluding carboxylic acids is 2. The lowest BCUT2D eigenvalue weighted by Crippen LogP contribution is -2.62. The number of carbonyl (C=O) groups is 2. The van der Waals surface area contributed by atoms with Gasteiger partial charge in [-0.3, -0.25) is 9.59 Å². The van der Waals surface area contributed by atoms with Crippen LogP contribution < -0.4 is 0 Å². The second kappa shape index (κ2) is 23.1. The minimum absolute atomic E-state index is 0.0652. The monoisotopic (exact) mass is 704 g/mol. The summed E-state index contributed by atoms with van der Waals surface area (Å²) in [5.41, 5.74) is 2.92. The van der Waals surface area contributed by atoms with Crippen LogP contribution in [0.15, 0.2) is 91.0 Å². The molecule has 0 radical (unpaired) electrons. The maximum absolute atomic E-state index is 12.6. The van der Waals surface area contributed by atoms with E-state index < -0.39 is 42.8 Å². The fourth-order valence-corrected chi connectivity index (χ4v) is 6.20. The Balaban J connectivity index is 1.64. The minimum atomic E-state index is -0.967. The van der Waals surface area contributed by atoms with E-state index in [-0.39, 0.29) is 38.8 Å². The Morgan fingerprint density at radius 2 is 1.16 bits per heavy atom. The van der Waals surface area contributed by atoms with Gasteiger partial charge in [0.25, 0.3) is 0 Å². The zero-order valence-corrected chi connectivity index (χ0v) is 30.5. The van der Waals surface area contributed by atoms with Crippen LogP contribution in [0.3, 0.4) is 0 Å². The summed E-state index contributed by atoms with van der Waals surface area (Å²) in [4.78, 5) is 24.7. The molecule has 0 aromatic heterocycles. The molecule has 1 aliphatic heterocycles. The van der Waals surface area contributed by atoms with Crippen molar-refractivity contribution >= 4 is 11.9 Å². The third kappa shape index (κ3) is 14.5. The maximum Gasteiger partial charge on any atom is 0.308 e. The van der Waals surface area contributed by atoms with Gasteiger partial charge < -0.3 is 33.2 Å². The van der Waals surface area contributed by atoms with Gasteiger partial charge in [0.1, 0.15) is 31.0 Å². The lowest BCUT2D eigenvalue weighted by Gasteiger charge is -2.46. The molecule has 9 nitrogen and oxygen atoms in total. The first-order chi connectivity index (χ1) is 25.0. The van der Waals surface area contributed by atoms with Gasteiger partial charge in [0.05, 0.1) is 39.5 Å². The summed E-state index contributed by atoms with van der Waals surface area (Å²) in [5.74, 6) is -0.803. The van der Waals surface area contributed by atoms with Crippen molar-refractivity contribution in [1.29, 1.82) is 0 Å². The SMILES string of the molecule is CCCCCCCCC[C@H](CC(=O)OC)O[C@@H]1O[C@H](COC(C)=O)[C@H](OCc2ccccc2)[C@H](OCc2ccccc2)[C@H]1OCc1ccccc1. The maximum atomic E-state index is 12.6. The molecule has 0 saturated carbocycles. The topological polar surface area (TPSA) is 98.8 Å². The summed E-state index contributed by atoms with van der Waals surface area (Å²) >= 11 is 0. The van der Waals surface area contributed by atoms with Crippen molar-refractivity contribution in [2.75, 3.05) is 13.7 Å². The molecule has 278 valence electrons. The van der Waals surface area contributed by atoms with Gasteiger partial charge in [-0.05, 0) is 23.1 Å². The van der Waals surface area contributed by atoms with E-state index in [0.717, 1.165) is 36.0 Å². The van der Waals surface area contributed by atoms with Crippen molar-refractivity contribution in [2.45, 2.75) is 128 Å². The minimum Gasteiger partial charge on any atom is -0.469 e. The number of esters is 2. The first-order valence-electron chi connectivity index (χ1n) is 18.4. The van der Waals surface area contributed by atoms with Gasteiger partial charge in [-0.25, -0.2) is 0 Å². The van der Waals surface area contributed by atoms with Crippen molar-refractivity contribution < 1.29 is 42.7 Å². The first kappa shape index (κ1) is 40.2. The lowest BCUT2D eigenvalue weighted by atomic mass is 9.97. The molecule has 1 heterocycles. The third-order valence-electron chi connectivity index (χ3n) is 8.98. The molecule has 3 aromatic rings. The van der Waals surface area contributed by atoms with E-state index in [1.807, 2.05) is 91.0 Å². The molecule has 51 heavy (non-hydrogen) atoms. The normalized spacial score (nSPS) is 20.8. The molecule has 0 N–H and O–H groups in total. The van der Waals surface area contributed by atoms with Gasteiger partial charge in [-0.2, -0.15) is 0 Å². The number of unbranched alkanes of at least 4 members (excludes halogenated alkanes) is 6. The highest BCUT2D eigenvalue weighted by Gasteiger charge is 2.50. The molecular formula is C42H56O9. The molecule has 1 fully saturated rings. The van der Waals surface area contributed by atoms with Crippen LogP contribution in [0.1, 0.15) is 88.3 Å². The van der Waals surface area contributed by atoms with Gasteiger partial charge in [0, 0.05) is 6.92 Å². The zero-order chi connectivity index (χ0) is 36.1. The summed E-state index contributed by atoms with van der Waals surface area (Å²) in [6.45, 7) is 4.31. The number of ether oxygens (including phenoxy) is 7. The number of methoxy groups -OCH3 is 1. The molecule has 3 aromatic carbocycles. The Morgan fingerprint density at radius 1 is 0.667 bits per heavy atom. The number of benzene rings is 3. The summed E-state index contributed by atoms with van der Waals surface area (Å²) < 4.78 is 44.0. The predicted molar refractivity (Wildman–Crippen MR) is 194 cm³/mol. The van der Waals surface area contributed by atoms with E-state index in [1.165, 1.54) is 39.7 Å². The molecule has 4 rings (SSSR count). The average molecular weight is 705 g/mol. The van der Waals surface area contributed by atoms with Crippen LogP contribution in [-0.4, -0.2) is 62.5 Å². The van der Waals surface area contributed by atoms with Gasteiger partial charge in [-0.15, -0.1) is 0 Å². The van der Waals surface area contributed by atoms with Crippen molar-refractivity contribution in [2.24, 2.45) is 0 Å². The highest BCUT2D eigenvalue weighted by atomic mass is 16.7. The Kier molecular flexibility index (Phi) is 18.2. The molecule has 0 aliphatic carbocycles. The van der Waals surface area contributed by atoms with E-state index in [9.17, 15) is 9.59 Å². The third-order valence-corrected chi connectivity index (χ3v) is 8.98. The summed E-state index contributed by atoms with van der Waals surface area (Å²) in [7, 11) is 1.38. The van der Waals surface area contributed by atoms with Crippen LogP contribution >= 0.6 is 0 Å². The van der Waals surface area contributed by atoms with E-state index in [1.54, 1.807) is 0 Å². The Hall–Kier alpha value is -3.60. The summed E-state index contributed by atoms with van der Waals surface area (Å²) in [5, 5.41) is 0. The van der Waals surface area contributed by atoms with Crippen LogP contribution in [0.4, 0.5) is 0 Å². The summed E-state index contributed by atoms with van der Waals surface area (Å²) in [6, 6.07) is 29.6. The number of hydrogen-bond acceptors (Lipinski definition) is 9. The Bertz CT molecular complexity index is 1370.